The first-order chi connectivity index (χ1) is 13.5. The molecule has 0 spiro atoms. The Kier molecular flexibility index (Phi) is 7.06. The van der Waals surface area contributed by atoms with Crippen molar-refractivity contribution >= 4 is 29.1 Å². The first kappa shape index (κ1) is 20.8. The van der Waals surface area contributed by atoms with Crippen LogP contribution in [0, 0.1) is 0 Å². The van der Waals surface area contributed by atoms with Crippen molar-refractivity contribution in [3.63, 3.8) is 0 Å². The quantitative estimate of drug-likeness (QED) is 0.624. The molecular formula is C19H19ClO7S. The van der Waals surface area contributed by atoms with Gasteiger partial charge in [-0.05, 0) is 36.4 Å². The van der Waals surface area contributed by atoms with Crippen molar-refractivity contribution in [3.8, 4) is 11.5 Å². The number of benzene rings is 2. The van der Waals surface area contributed by atoms with Gasteiger partial charge in [0.1, 0.15) is 23.7 Å². The third-order valence-electron chi connectivity index (χ3n) is 4.06. The summed E-state index contributed by atoms with van der Waals surface area (Å²) in [5, 5.41) is 30.7. The van der Waals surface area contributed by atoms with Crippen LogP contribution in [0.15, 0.2) is 54.6 Å². The Morgan fingerprint density at radius 1 is 1.00 bits per heavy atom. The Hall–Kier alpha value is -1.94. The lowest BCUT2D eigenvalue weighted by atomic mass is 9.99. The molecule has 1 aliphatic heterocycles. The van der Waals surface area contributed by atoms with Gasteiger partial charge in [-0.15, -0.1) is 0 Å². The topological polar surface area (TPSA) is 97.6 Å². The van der Waals surface area contributed by atoms with Crippen LogP contribution in [0.25, 0.3) is 0 Å². The number of halogens is 1. The molecule has 28 heavy (non-hydrogen) atoms. The summed E-state index contributed by atoms with van der Waals surface area (Å²) in [7, 11) is 0. The predicted octanol–water partition coefficient (Wildman–Crippen LogP) is 1.91. The van der Waals surface area contributed by atoms with Gasteiger partial charge in [-0.2, -0.15) is 0 Å². The second-order valence-corrected chi connectivity index (χ2v) is 6.80. The summed E-state index contributed by atoms with van der Waals surface area (Å²) in [5.74, 6) is 0.819. The van der Waals surface area contributed by atoms with E-state index in [0.717, 1.165) is 0 Å². The molecule has 2 aromatic rings. The van der Waals surface area contributed by atoms with Crippen LogP contribution < -0.4 is 9.47 Å². The molecule has 0 aliphatic carbocycles. The van der Waals surface area contributed by atoms with Crippen molar-refractivity contribution in [1.29, 1.82) is 0 Å². The standard InChI is InChI=1S/C19H19ClO7S/c20-11-6-8-13(9-7-11)25-19(28)27-17-15(22)14(10-21)26-18(16(17)23)24-12-4-2-1-3-5-12/h1-9,14-18,21-23H,10H2/t14-,15+,16-,17+,18+/m1/s1. The summed E-state index contributed by atoms with van der Waals surface area (Å²) in [6.45, 7) is -0.507. The highest BCUT2D eigenvalue weighted by Crippen LogP contribution is 2.27. The second-order valence-electron chi connectivity index (χ2n) is 6.03. The van der Waals surface area contributed by atoms with Gasteiger partial charge in [0.2, 0.25) is 6.29 Å². The van der Waals surface area contributed by atoms with Crippen molar-refractivity contribution < 1.29 is 34.3 Å². The fourth-order valence-electron chi connectivity index (χ4n) is 2.66. The normalized spacial score (nSPS) is 27.1. The minimum Gasteiger partial charge on any atom is -0.462 e. The van der Waals surface area contributed by atoms with Crippen molar-refractivity contribution in [2.24, 2.45) is 0 Å². The molecule has 9 heteroatoms. The SMILES string of the molecule is OC[C@H]1O[C@H](Oc2ccccc2)[C@H](O)[C@@H](OC(=S)Oc2ccc(Cl)cc2)[C@H]1O. The Bertz CT molecular complexity index is 774. The van der Waals surface area contributed by atoms with Crippen LogP contribution in [0.5, 0.6) is 11.5 Å². The predicted molar refractivity (Wildman–Crippen MR) is 104 cm³/mol. The average molecular weight is 427 g/mol. The number of aliphatic hydroxyl groups excluding tert-OH is 3. The van der Waals surface area contributed by atoms with E-state index in [0.29, 0.717) is 16.5 Å². The van der Waals surface area contributed by atoms with Gasteiger partial charge in [0.05, 0.1) is 6.61 Å². The van der Waals surface area contributed by atoms with Gasteiger partial charge >= 0.3 is 5.24 Å². The van der Waals surface area contributed by atoms with Gasteiger partial charge < -0.3 is 34.3 Å². The van der Waals surface area contributed by atoms with Crippen LogP contribution in [-0.4, -0.2) is 57.9 Å². The molecule has 3 N–H and O–H groups in total. The van der Waals surface area contributed by atoms with Crippen molar-refractivity contribution in [2.75, 3.05) is 6.61 Å². The largest absolute Gasteiger partial charge is 0.462 e. The average Bonchev–Trinajstić information content (AvgIpc) is 2.70. The Balaban J connectivity index is 1.69. The van der Waals surface area contributed by atoms with Gasteiger partial charge in [0.25, 0.3) is 0 Å². The lowest BCUT2D eigenvalue weighted by molar-refractivity contribution is -0.275. The van der Waals surface area contributed by atoms with Crippen LogP contribution >= 0.6 is 23.8 Å². The lowest BCUT2D eigenvalue weighted by Crippen LogP contribution is -2.61. The van der Waals surface area contributed by atoms with Gasteiger partial charge in [0, 0.05) is 17.2 Å². The molecule has 1 fully saturated rings. The maximum atomic E-state index is 10.6. The van der Waals surface area contributed by atoms with Gasteiger partial charge in [0.15, 0.2) is 12.2 Å². The number of ether oxygens (including phenoxy) is 4. The first-order valence-electron chi connectivity index (χ1n) is 8.46. The molecule has 1 heterocycles. The summed E-state index contributed by atoms with van der Waals surface area (Å²) >= 11 is 10.9. The highest BCUT2D eigenvalue weighted by atomic mass is 35.5. The maximum Gasteiger partial charge on any atom is 0.358 e. The van der Waals surface area contributed by atoms with Crippen molar-refractivity contribution in [3.05, 3.63) is 59.6 Å². The van der Waals surface area contributed by atoms with Crippen LogP contribution in [0.4, 0.5) is 0 Å². The zero-order valence-corrected chi connectivity index (χ0v) is 16.1. The molecule has 150 valence electrons. The Morgan fingerprint density at radius 3 is 2.32 bits per heavy atom. The summed E-state index contributed by atoms with van der Waals surface area (Å²) < 4.78 is 21.9. The number of hydrogen-bond acceptors (Lipinski definition) is 8. The first-order valence-corrected chi connectivity index (χ1v) is 9.24. The third kappa shape index (κ3) is 5.11. The molecular weight excluding hydrogens is 408 g/mol. The molecule has 2 aromatic carbocycles. The molecule has 0 unspecified atom stereocenters. The highest BCUT2D eigenvalue weighted by molar-refractivity contribution is 7.79. The number of hydrogen-bond donors (Lipinski definition) is 3. The molecule has 3 rings (SSSR count). The molecule has 7 nitrogen and oxygen atoms in total. The minimum absolute atomic E-state index is 0.317. The molecule has 1 aliphatic rings. The number of rotatable bonds is 5. The molecule has 1 saturated heterocycles. The monoisotopic (exact) mass is 426 g/mol. The fourth-order valence-corrected chi connectivity index (χ4v) is 2.99. The fraction of sp³-hybridized carbons (Fsp3) is 0.316. The van der Waals surface area contributed by atoms with Gasteiger partial charge in [-0.1, -0.05) is 29.8 Å². The number of aliphatic hydroxyl groups is 3. The number of thiocarbonyl (C=S) groups is 1. The van der Waals surface area contributed by atoms with E-state index in [1.54, 1.807) is 48.5 Å². The molecule has 0 amide bonds. The molecule has 0 bridgehead atoms. The van der Waals surface area contributed by atoms with E-state index in [2.05, 4.69) is 0 Å². The minimum atomic E-state index is -1.40. The van der Waals surface area contributed by atoms with Crippen molar-refractivity contribution in [1.82, 2.24) is 0 Å². The smallest absolute Gasteiger partial charge is 0.358 e. The zero-order valence-electron chi connectivity index (χ0n) is 14.6. The highest BCUT2D eigenvalue weighted by Gasteiger charge is 2.47. The Labute approximate surface area is 172 Å². The van der Waals surface area contributed by atoms with Gasteiger partial charge in [-0.3, -0.25) is 0 Å². The van der Waals surface area contributed by atoms with Gasteiger partial charge in [-0.25, -0.2) is 0 Å². The van der Waals surface area contributed by atoms with Crippen LogP contribution in [-0.2, 0) is 9.47 Å². The maximum absolute atomic E-state index is 10.6. The van der Waals surface area contributed by atoms with E-state index >= 15 is 0 Å². The van der Waals surface area contributed by atoms with E-state index in [1.807, 2.05) is 6.07 Å². The summed E-state index contributed by atoms with van der Waals surface area (Å²) in [6, 6.07) is 15.1. The van der Waals surface area contributed by atoms with E-state index in [4.69, 9.17) is 42.8 Å². The van der Waals surface area contributed by atoms with E-state index in [1.165, 1.54) is 0 Å². The molecule has 5 atom stereocenters. The van der Waals surface area contributed by atoms with Crippen molar-refractivity contribution in [2.45, 2.75) is 30.7 Å². The van der Waals surface area contributed by atoms with Crippen LogP contribution in [0.3, 0.4) is 0 Å². The summed E-state index contributed by atoms with van der Waals surface area (Å²) in [5.41, 5.74) is 0. The summed E-state index contributed by atoms with van der Waals surface area (Å²) in [4.78, 5) is 0. The van der Waals surface area contributed by atoms with E-state index < -0.39 is 37.3 Å². The second kappa shape index (κ2) is 9.51. The number of para-hydroxylation sites is 1. The third-order valence-corrected chi connectivity index (χ3v) is 4.50. The van der Waals surface area contributed by atoms with E-state index in [-0.39, 0.29) is 5.24 Å². The molecule has 0 aromatic heterocycles. The zero-order chi connectivity index (χ0) is 20.1. The molecule has 0 saturated carbocycles. The van der Waals surface area contributed by atoms with Crippen LogP contribution in [0.1, 0.15) is 0 Å². The van der Waals surface area contributed by atoms with E-state index in [9.17, 15) is 15.3 Å². The van der Waals surface area contributed by atoms with Crippen LogP contribution in [0.2, 0.25) is 5.02 Å². The lowest BCUT2D eigenvalue weighted by Gasteiger charge is -2.41. The summed E-state index contributed by atoms with van der Waals surface area (Å²) in [6.07, 6.45) is -6.22. The molecule has 0 radical (unpaired) electrons. The Morgan fingerprint density at radius 2 is 1.68 bits per heavy atom.